The highest BCUT2D eigenvalue weighted by Crippen LogP contribution is 2.34. The normalized spacial score (nSPS) is 12.7. The van der Waals surface area contributed by atoms with Crippen LogP contribution in [0.5, 0.6) is 0 Å². The average Bonchev–Trinajstić information content (AvgIpc) is 3.44. The monoisotopic (exact) mass is 478 g/mol. The van der Waals surface area contributed by atoms with Crippen molar-refractivity contribution in [3.63, 3.8) is 0 Å². The lowest BCUT2D eigenvalue weighted by Gasteiger charge is -2.17. The summed E-state index contributed by atoms with van der Waals surface area (Å²) in [5.74, 6) is 0.885. The number of anilines is 1. The molecule has 0 radical (unpaired) electrons. The molecule has 0 aliphatic heterocycles. The number of rotatable bonds is 6. The van der Waals surface area contributed by atoms with Crippen LogP contribution < -0.4 is 4.72 Å². The fourth-order valence-electron chi connectivity index (χ4n) is 3.82. The van der Waals surface area contributed by atoms with Crippen LogP contribution in [-0.4, -0.2) is 29.4 Å². The molecular formula is C24H19ClN4O3S. The van der Waals surface area contributed by atoms with E-state index in [2.05, 4.69) is 14.9 Å². The van der Waals surface area contributed by atoms with Gasteiger partial charge in [0, 0.05) is 22.2 Å². The molecule has 0 saturated heterocycles. The van der Waals surface area contributed by atoms with Crippen LogP contribution in [-0.2, 0) is 10.0 Å². The highest BCUT2D eigenvalue weighted by atomic mass is 35.5. The predicted octanol–water partition coefficient (Wildman–Crippen LogP) is 5.35. The molecule has 2 aromatic heterocycles. The Hall–Kier alpha value is -3.62. The van der Waals surface area contributed by atoms with E-state index in [1.165, 1.54) is 0 Å². The first kappa shape index (κ1) is 21.2. The third kappa shape index (κ3) is 4.35. The van der Waals surface area contributed by atoms with Crippen LogP contribution in [0, 0.1) is 0 Å². The number of halogens is 1. The molecule has 5 aromatic rings. The topological polar surface area (TPSA) is 90.0 Å². The largest absolute Gasteiger partial charge is 0.336 e. The van der Waals surface area contributed by atoms with Gasteiger partial charge in [0.1, 0.15) is 6.04 Å². The summed E-state index contributed by atoms with van der Waals surface area (Å²) < 4.78 is 33.9. The number of nitrogens with one attached hydrogen (secondary N) is 1. The van der Waals surface area contributed by atoms with Crippen molar-refractivity contribution in [2.75, 3.05) is 11.0 Å². The van der Waals surface area contributed by atoms with Gasteiger partial charge in [0.15, 0.2) is 0 Å². The second-order valence-corrected chi connectivity index (χ2v) is 9.80. The van der Waals surface area contributed by atoms with E-state index in [9.17, 15) is 8.42 Å². The third-order valence-electron chi connectivity index (χ3n) is 5.23. The van der Waals surface area contributed by atoms with E-state index in [1.807, 2.05) is 65.4 Å². The minimum atomic E-state index is -3.43. The van der Waals surface area contributed by atoms with Crippen LogP contribution in [0.15, 0.2) is 89.6 Å². The van der Waals surface area contributed by atoms with Gasteiger partial charge < -0.3 is 9.09 Å². The van der Waals surface area contributed by atoms with Gasteiger partial charge in [0.05, 0.1) is 17.5 Å². The van der Waals surface area contributed by atoms with Crippen LogP contribution in [0.3, 0.4) is 0 Å². The first-order valence-electron chi connectivity index (χ1n) is 10.1. The van der Waals surface area contributed by atoms with Crippen molar-refractivity contribution < 1.29 is 12.9 Å². The molecule has 0 aliphatic rings. The zero-order valence-electron chi connectivity index (χ0n) is 17.5. The Kier molecular flexibility index (Phi) is 5.39. The van der Waals surface area contributed by atoms with Crippen molar-refractivity contribution in [1.82, 2.24) is 14.7 Å². The number of fused-ring (bicyclic) bond motifs is 1. The van der Waals surface area contributed by atoms with Crippen molar-refractivity contribution >= 4 is 38.2 Å². The Bertz CT molecular complexity index is 1530. The van der Waals surface area contributed by atoms with E-state index in [0.717, 1.165) is 28.3 Å². The fraction of sp³-hybridized carbons (Fsp3) is 0.0833. The van der Waals surface area contributed by atoms with Crippen LogP contribution in [0.25, 0.3) is 22.3 Å². The van der Waals surface area contributed by atoms with E-state index < -0.39 is 16.1 Å². The molecule has 0 aliphatic carbocycles. The summed E-state index contributed by atoms with van der Waals surface area (Å²) in [6.07, 6.45) is 3.01. The van der Waals surface area contributed by atoms with Crippen LogP contribution in [0.4, 0.5) is 5.69 Å². The SMILES string of the molecule is CS(=O)(=O)Nc1cccc2c1ccn2C(c1ccc(Cl)cc1)c1nc(-c2ccccc2)no1. The minimum absolute atomic E-state index is 0.398. The molecule has 5 rings (SSSR count). The minimum Gasteiger partial charge on any atom is -0.336 e. The third-order valence-corrected chi connectivity index (χ3v) is 6.07. The molecular weight excluding hydrogens is 460 g/mol. The molecule has 166 valence electrons. The second-order valence-electron chi connectivity index (χ2n) is 7.61. The first-order chi connectivity index (χ1) is 15.9. The van der Waals surface area contributed by atoms with Gasteiger partial charge in [-0.05, 0) is 35.9 Å². The Morgan fingerprint density at radius 3 is 2.45 bits per heavy atom. The van der Waals surface area contributed by atoms with E-state index in [4.69, 9.17) is 16.1 Å². The second kappa shape index (κ2) is 8.38. The maximum atomic E-state index is 11.8. The molecule has 1 unspecified atom stereocenters. The highest BCUT2D eigenvalue weighted by Gasteiger charge is 2.25. The number of nitrogens with zero attached hydrogens (tertiary/aromatic N) is 3. The van der Waals surface area contributed by atoms with Gasteiger partial charge in [-0.2, -0.15) is 4.98 Å². The lowest BCUT2D eigenvalue weighted by Crippen LogP contribution is -2.12. The molecule has 0 spiro atoms. The van der Waals surface area contributed by atoms with Crippen molar-refractivity contribution in [3.05, 3.63) is 102 Å². The number of aromatic nitrogens is 3. The highest BCUT2D eigenvalue weighted by molar-refractivity contribution is 7.92. The fourth-order valence-corrected chi connectivity index (χ4v) is 4.52. The molecule has 0 fully saturated rings. The standard InChI is InChI=1S/C24H19ClN4O3S/c1-33(30,31)28-20-8-5-9-21-19(20)14-15-29(21)22(16-10-12-18(25)13-11-16)24-26-23(27-32-24)17-6-3-2-4-7-17/h2-15,22,28H,1H3. The molecule has 33 heavy (non-hydrogen) atoms. The van der Waals surface area contributed by atoms with Gasteiger partial charge in [-0.3, -0.25) is 4.72 Å². The molecule has 3 aromatic carbocycles. The molecule has 2 heterocycles. The summed E-state index contributed by atoms with van der Waals surface area (Å²) >= 11 is 6.13. The maximum absolute atomic E-state index is 11.8. The zero-order chi connectivity index (χ0) is 23.0. The maximum Gasteiger partial charge on any atom is 0.254 e. The summed E-state index contributed by atoms with van der Waals surface area (Å²) in [5.41, 5.74) is 3.04. The van der Waals surface area contributed by atoms with E-state index >= 15 is 0 Å². The molecule has 7 nitrogen and oxygen atoms in total. The number of sulfonamides is 1. The van der Waals surface area contributed by atoms with Gasteiger partial charge in [-0.15, -0.1) is 0 Å². The van der Waals surface area contributed by atoms with Gasteiger partial charge in [0.2, 0.25) is 15.8 Å². The molecule has 9 heteroatoms. The van der Waals surface area contributed by atoms with Crippen molar-refractivity contribution in [3.8, 4) is 11.4 Å². The number of benzene rings is 3. The summed E-state index contributed by atoms with van der Waals surface area (Å²) in [5, 5.41) is 5.56. The molecule has 0 saturated carbocycles. The van der Waals surface area contributed by atoms with Crippen LogP contribution in [0.1, 0.15) is 17.5 Å². The van der Waals surface area contributed by atoms with E-state index in [0.29, 0.717) is 22.4 Å². The Morgan fingerprint density at radius 2 is 1.73 bits per heavy atom. The summed E-state index contributed by atoms with van der Waals surface area (Å²) in [6, 6.07) is 23.9. The first-order valence-corrected chi connectivity index (χ1v) is 12.4. The van der Waals surface area contributed by atoms with Crippen molar-refractivity contribution in [1.29, 1.82) is 0 Å². The lowest BCUT2D eigenvalue weighted by atomic mass is 10.1. The summed E-state index contributed by atoms with van der Waals surface area (Å²) in [4.78, 5) is 4.68. The number of hydrogen-bond donors (Lipinski definition) is 1. The molecule has 1 atom stereocenters. The molecule has 0 amide bonds. The lowest BCUT2D eigenvalue weighted by molar-refractivity contribution is 0.356. The Labute approximate surface area is 195 Å². The molecule has 0 bridgehead atoms. The predicted molar refractivity (Wildman–Crippen MR) is 129 cm³/mol. The summed E-state index contributed by atoms with van der Waals surface area (Å²) in [6.45, 7) is 0. The van der Waals surface area contributed by atoms with Crippen molar-refractivity contribution in [2.45, 2.75) is 6.04 Å². The van der Waals surface area contributed by atoms with E-state index in [-0.39, 0.29) is 0 Å². The zero-order valence-corrected chi connectivity index (χ0v) is 19.1. The summed E-state index contributed by atoms with van der Waals surface area (Å²) in [7, 11) is -3.43. The smallest absolute Gasteiger partial charge is 0.254 e. The van der Waals surface area contributed by atoms with Gasteiger partial charge >= 0.3 is 0 Å². The van der Waals surface area contributed by atoms with Crippen LogP contribution in [0.2, 0.25) is 5.02 Å². The van der Waals surface area contributed by atoms with E-state index in [1.54, 1.807) is 24.3 Å². The van der Waals surface area contributed by atoms with Gasteiger partial charge in [0.25, 0.3) is 5.89 Å². The van der Waals surface area contributed by atoms with Crippen LogP contribution >= 0.6 is 11.6 Å². The Balaban J connectivity index is 1.66. The Morgan fingerprint density at radius 1 is 0.970 bits per heavy atom. The van der Waals surface area contributed by atoms with Gasteiger partial charge in [-0.25, -0.2) is 8.42 Å². The van der Waals surface area contributed by atoms with Gasteiger partial charge in [-0.1, -0.05) is 65.3 Å². The quantitative estimate of drug-likeness (QED) is 0.355. The average molecular weight is 479 g/mol. The van der Waals surface area contributed by atoms with Crippen molar-refractivity contribution in [2.24, 2.45) is 0 Å². The molecule has 1 N–H and O–H groups in total. The number of hydrogen-bond acceptors (Lipinski definition) is 5.